The van der Waals surface area contributed by atoms with Gasteiger partial charge in [-0.05, 0) is 37.1 Å². The van der Waals surface area contributed by atoms with E-state index in [4.69, 9.17) is 9.47 Å². The maximum absolute atomic E-state index is 13.8. The maximum atomic E-state index is 13.8. The van der Waals surface area contributed by atoms with Crippen molar-refractivity contribution in [1.29, 1.82) is 0 Å². The molecule has 7 nitrogen and oxygen atoms in total. The molecule has 0 unspecified atom stereocenters. The second-order valence-electron chi connectivity index (χ2n) is 6.46. The molecule has 3 rings (SSSR count). The van der Waals surface area contributed by atoms with Crippen molar-refractivity contribution >= 4 is 23.3 Å². The Morgan fingerprint density at radius 1 is 1.03 bits per heavy atom. The summed E-state index contributed by atoms with van der Waals surface area (Å²) in [5.41, 5.74) is 0.286. The Kier molecular flexibility index (Phi) is 6.16. The highest BCUT2D eigenvalue weighted by Gasteiger charge is 2.34. The largest absolute Gasteiger partial charge is 0.497 e. The van der Waals surface area contributed by atoms with Crippen LogP contribution in [-0.2, 0) is 4.79 Å². The van der Waals surface area contributed by atoms with Gasteiger partial charge in [-0.25, -0.2) is 13.6 Å². The van der Waals surface area contributed by atoms with Crippen LogP contribution in [-0.4, -0.2) is 43.6 Å². The van der Waals surface area contributed by atoms with Crippen molar-refractivity contribution in [3.05, 3.63) is 48.0 Å². The molecule has 2 N–H and O–H groups in total. The number of nitrogens with one attached hydrogen (secondary N) is 2. The number of urea groups is 1. The predicted octanol–water partition coefficient (Wildman–Crippen LogP) is 3.62. The molecule has 1 aliphatic heterocycles. The summed E-state index contributed by atoms with van der Waals surface area (Å²) in [6, 6.07) is 6.45. The monoisotopic (exact) mass is 405 g/mol. The zero-order valence-corrected chi connectivity index (χ0v) is 16.0. The number of anilines is 2. The average molecular weight is 405 g/mol. The van der Waals surface area contributed by atoms with E-state index in [9.17, 15) is 18.4 Å². The number of nitrogens with zero attached hydrogens (tertiary/aromatic N) is 1. The fourth-order valence-corrected chi connectivity index (χ4v) is 3.18. The first kappa shape index (κ1) is 20.4. The molecule has 0 radical (unpaired) electrons. The molecule has 0 aromatic heterocycles. The molecule has 0 spiro atoms. The van der Waals surface area contributed by atoms with Crippen LogP contribution in [0.15, 0.2) is 36.4 Å². The van der Waals surface area contributed by atoms with Crippen molar-refractivity contribution in [3.63, 3.8) is 0 Å². The highest BCUT2D eigenvalue weighted by atomic mass is 19.1. The molecule has 2 aromatic rings. The van der Waals surface area contributed by atoms with Crippen molar-refractivity contribution in [1.82, 2.24) is 4.90 Å². The molecule has 154 valence electrons. The van der Waals surface area contributed by atoms with Gasteiger partial charge in [-0.1, -0.05) is 0 Å². The van der Waals surface area contributed by atoms with Gasteiger partial charge in [-0.15, -0.1) is 0 Å². The molecule has 1 aliphatic rings. The van der Waals surface area contributed by atoms with Crippen LogP contribution in [0.2, 0.25) is 0 Å². The second kappa shape index (κ2) is 8.76. The lowest BCUT2D eigenvalue weighted by atomic mass is 10.2. The van der Waals surface area contributed by atoms with E-state index >= 15 is 0 Å². The first-order valence-electron chi connectivity index (χ1n) is 8.98. The molecule has 9 heteroatoms. The van der Waals surface area contributed by atoms with E-state index in [-0.39, 0.29) is 11.6 Å². The zero-order valence-electron chi connectivity index (χ0n) is 16.0. The number of ether oxygens (including phenoxy) is 2. The minimum Gasteiger partial charge on any atom is -0.497 e. The van der Waals surface area contributed by atoms with Crippen LogP contribution in [0.4, 0.5) is 25.0 Å². The van der Waals surface area contributed by atoms with Crippen LogP contribution >= 0.6 is 0 Å². The van der Waals surface area contributed by atoms with Crippen molar-refractivity contribution < 1.29 is 27.8 Å². The van der Waals surface area contributed by atoms with Crippen molar-refractivity contribution in [2.45, 2.75) is 18.9 Å². The van der Waals surface area contributed by atoms with E-state index < -0.39 is 23.7 Å². The zero-order chi connectivity index (χ0) is 21.0. The lowest BCUT2D eigenvalue weighted by molar-refractivity contribution is -0.119. The van der Waals surface area contributed by atoms with E-state index in [1.807, 2.05) is 0 Å². The van der Waals surface area contributed by atoms with Gasteiger partial charge in [0.05, 0.1) is 25.6 Å². The summed E-state index contributed by atoms with van der Waals surface area (Å²) in [5.74, 6) is -1.03. The first-order chi connectivity index (χ1) is 13.9. The summed E-state index contributed by atoms with van der Waals surface area (Å²) in [6.45, 7) is 0.340. The third-order valence-corrected chi connectivity index (χ3v) is 4.66. The standard InChI is InChI=1S/C20H21F2N3O4/c1-28-13-6-8-16(18(11-13)29-2)23-19(26)17-4-3-9-25(17)20(27)24-15-7-5-12(21)10-14(15)22/h5-8,10-11,17H,3-4,9H2,1-2H3,(H,23,26)(H,24,27)/t17-/m0/s1. The second-order valence-corrected chi connectivity index (χ2v) is 6.46. The van der Waals surface area contributed by atoms with E-state index in [2.05, 4.69) is 10.6 Å². The number of benzene rings is 2. The van der Waals surface area contributed by atoms with Gasteiger partial charge in [0, 0.05) is 18.7 Å². The maximum Gasteiger partial charge on any atom is 0.322 e. The topological polar surface area (TPSA) is 79.9 Å². The number of hydrogen-bond acceptors (Lipinski definition) is 4. The van der Waals surface area contributed by atoms with E-state index in [1.54, 1.807) is 18.2 Å². The Morgan fingerprint density at radius 3 is 2.48 bits per heavy atom. The third-order valence-electron chi connectivity index (χ3n) is 4.66. The van der Waals surface area contributed by atoms with Gasteiger partial charge in [0.1, 0.15) is 29.2 Å². The number of methoxy groups -OCH3 is 2. The fourth-order valence-electron chi connectivity index (χ4n) is 3.18. The number of rotatable bonds is 5. The number of halogens is 2. The minimum absolute atomic E-state index is 0.153. The number of carbonyl (C=O) groups is 2. The molecular formula is C20H21F2N3O4. The molecule has 0 aliphatic carbocycles. The van der Waals surface area contributed by atoms with Gasteiger partial charge < -0.3 is 25.0 Å². The van der Waals surface area contributed by atoms with Gasteiger partial charge in [0.2, 0.25) is 5.91 Å². The molecule has 0 bridgehead atoms. The SMILES string of the molecule is COc1ccc(NC(=O)[C@@H]2CCCN2C(=O)Nc2ccc(F)cc2F)c(OC)c1. The highest BCUT2D eigenvalue weighted by molar-refractivity contribution is 6.00. The molecule has 3 amide bonds. The molecule has 29 heavy (non-hydrogen) atoms. The van der Waals surface area contributed by atoms with Gasteiger partial charge in [0.25, 0.3) is 0 Å². The van der Waals surface area contributed by atoms with Crippen LogP contribution in [0.25, 0.3) is 0 Å². The Hall–Kier alpha value is -3.36. The van der Waals surface area contributed by atoms with E-state index in [0.29, 0.717) is 42.6 Å². The third kappa shape index (κ3) is 4.56. The van der Waals surface area contributed by atoms with E-state index in [0.717, 1.165) is 12.1 Å². The lowest BCUT2D eigenvalue weighted by Gasteiger charge is -2.24. The number of carbonyl (C=O) groups excluding carboxylic acids is 2. The number of amides is 3. The highest BCUT2D eigenvalue weighted by Crippen LogP contribution is 2.30. The number of likely N-dealkylation sites (tertiary alicyclic amines) is 1. The normalized spacial score (nSPS) is 15.7. The summed E-state index contributed by atoms with van der Waals surface area (Å²) >= 11 is 0. The molecule has 1 atom stereocenters. The summed E-state index contributed by atoms with van der Waals surface area (Å²) in [4.78, 5) is 26.7. The Morgan fingerprint density at radius 2 is 1.79 bits per heavy atom. The van der Waals surface area contributed by atoms with Gasteiger partial charge in [0.15, 0.2) is 0 Å². The van der Waals surface area contributed by atoms with Crippen LogP contribution < -0.4 is 20.1 Å². The Labute approximate surface area is 166 Å². The van der Waals surface area contributed by atoms with Crippen LogP contribution in [0.3, 0.4) is 0 Å². The van der Waals surface area contributed by atoms with Gasteiger partial charge in [-0.3, -0.25) is 4.79 Å². The van der Waals surface area contributed by atoms with Crippen LogP contribution in [0.5, 0.6) is 11.5 Å². The Bertz CT molecular complexity index is 923. The molecule has 0 saturated carbocycles. The average Bonchev–Trinajstić information content (AvgIpc) is 3.20. The summed E-state index contributed by atoms with van der Waals surface area (Å²) in [7, 11) is 2.99. The van der Waals surface area contributed by atoms with Crippen LogP contribution in [0, 0.1) is 11.6 Å². The van der Waals surface area contributed by atoms with Crippen molar-refractivity contribution in [2.24, 2.45) is 0 Å². The summed E-state index contributed by atoms with van der Waals surface area (Å²) < 4.78 is 37.2. The molecule has 1 fully saturated rings. The predicted molar refractivity (Wildman–Crippen MR) is 103 cm³/mol. The van der Waals surface area contributed by atoms with Gasteiger partial charge >= 0.3 is 6.03 Å². The van der Waals surface area contributed by atoms with Crippen molar-refractivity contribution in [2.75, 3.05) is 31.4 Å². The molecular weight excluding hydrogens is 384 g/mol. The lowest BCUT2D eigenvalue weighted by Crippen LogP contribution is -2.45. The molecule has 1 heterocycles. The quantitative estimate of drug-likeness (QED) is 0.796. The van der Waals surface area contributed by atoms with Crippen LogP contribution in [0.1, 0.15) is 12.8 Å². The summed E-state index contributed by atoms with van der Waals surface area (Å²) in [6.07, 6.45) is 1.08. The van der Waals surface area contributed by atoms with E-state index in [1.165, 1.54) is 19.1 Å². The minimum atomic E-state index is -0.887. The first-order valence-corrected chi connectivity index (χ1v) is 8.98. The Balaban J connectivity index is 1.71. The van der Waals surface area contributed by atoms with Crippen molar-refractivity contribution in [3.8, 4) is 11.5 Å². The fraction of sp³-hybridized carbons (Fsp3) is 0.300. The molecule has 1 saturated heterocycles. The smallest absolute Gasteiger partial charge is 0.322 e. The number of hydrogen-bond donors (Lipinski definition) is 2. The van der Waals surface area contributed by atoms with Gasteiger partial charge in [-0.2, -0.15) is 0 Å². The summed E-state index contributed by atoms with van der Waals surface area (Å²) in [5, 5.41) is 5.15. The molecule has 2 aromatic carbocycles.